The van der Waals surface area contributed by atoms with E-state index in [0.717, 1.165) is 6.42 Å². The van der Waals surface area contributed by atoms with Crippen LogP contribution in [0.15, 0.2) is 48.0 Å². The first-order chi connectivity index (χ1) is 9.36. The number of hydrogen-bond acceptors (Lipinski definition) is 2. The van der Waals surface area contributed by atoms with Gasteiger partial charge in [0, 0.05) is 23.7 Å². The lowest BCUT2D eigenvalue weighted by Crippen LogP contribution is -2.18. The van der Waals surface area contributed by atoms with Gasteiger partial charge in [0.15, 0.2) is 0 Å². The van der Waals surface area contributed by atoms with E-state index in [-0.39, 0.29) is 5.57 Å². The van der Waals surface area contributed by atoms with Gasteiger partial charge >= 0.3 is 5.97 Å². The van der Waals surface area contributed by atoms with Crippen LogP contribution in [0.2, 0.25) is 0 Å². The van der Waals surface area contributed by atoms with Crippen LogP contribution in [0.1, 0.15) is 26.7 Å². The van der Waals surface area contributed by atoms with Gasteiger partial charge in [-0.25, -0.2) is 8.78 Å². The fourth-order valence-electron chi connectivity index (χ4n) is 1.83. The molecule has 0 bridgehead atoms. The number of carboxylic acids is 1. The van der Waals surface area contributed by atoms with E-state index >= 15 is 0 Å². The summed E-state index contributed by atoms with van der Waals surface area (Å²) in [5.41, 5.74) is 1.09. The van der Waals surface area contributed by atoms with E-state index in [4.69, 9.17) is 5.11 Å². The van der Waals surface area contributed by atoms with E-state index in [9.17, 15) is 13.6 Å². The molecule has 0 aromatic heterocycles. The van der Waals surface area contributed by atoms with E-state index in [0.29, 0.717) is 17.7 Å². The summed E-state index contributed by atoms with van der Waals surface area (Å²) >= 11 is 0. The Hall–Kier alpha value is -1.91. The van der Waals surface area contributed by atoms with Gasteiger partial charge in [-0.15, -0.1) is 0 Å². The highest BCUT2D eigenvalue weighted by Gasteiger charge is 2.19. The molecule has 3 nitrogen and oxygen atoms in total. The first-order valence-electron chi connectivity index (χ1n) is 6.45. The number of halogens is 2. The summed E-state index contributed by atoms with van der Waals surface area (Å²) in [6.07, 6.45) is 4.50. The smallest absolute Gasteiger partial charge is 0.310 e. The molecule has 20 heavy (non-hydrogen) atoms. The maximum atomic E-state index is 12.7. The first-order valence-corrected chi connectivity index (χ1v) is 6.45. The molecule has 0 saturated carbocycles. The standard InChI is InChI=1S/C15H19F2NO2/c1-4-5-12(11(3)15(19)20)8-18-9-13(14(16)17)7-6-10(18)2/h6-9,11,14H,2,4-5H2,1,3H3,(H,19,20)/b12-8+. The van der Waals surface area contributed by atoms with Crippen LogP contribution in [0, 0.1) is 5.92 Å². The zero-order valence-electron chi connectivity index (χ0n) is 11.6. The van der Waals surface area contributed by atoms with E-state index in [1.165, 1.54) is 23.3 Å². The van der Waals surface area contributed by atoms with Gasteiger partial charge in [0.2, 0.25) is 0 Å². The Morgan fingerprint density at radius 2 is 2.15 bits per heavy atom. The van der Waals surface area contributed by atoms with E-state index in [2.05, 4.69) is 6.58 Å². The minimum absolute atomic E-state index is 0.118. The Kier molecular flexibility index (Phi) is 5.67. The van der Waals surface area contributed by atoms with E-state index in [1.54, 1.807) is 13.1 Å². The third-order valence-corrected chi connectivity index (χ3v) is 3.11. The molecule has 0 aliphatic carbocycles. The molecule has 1 aliphatic heterocycles. The maximum absolute atomic E-state index is 12.7. The van der Waals surface area contributed by atoms with Crippen molar-refractivity contribution >= 4 is 5.97 Å². The van der Waals surface area contributed by atoms with Crippen LogP contribution in [-0.2, 0) is 4.79 Å². The van der Waals surface area contributed by atoms with Gasteiger partial charge in [-0.1, -0.05) is 19.9 Å². The van der Waals surface area contributed by atoms with Gasteiger partial charge in [-0.3, -0.25) is 4.79 Å². The van der Waals surface area contributed by atoms with E-state index in [1.807, 2.05) is 6.92 Å². The van der Waals surface area contributed by atoms with Gasteiger partial charge in [-0.2, -0.15) is 0 Å². The second kappa shape index (κ2) is 7.03. The summed E-state index contributed by atoms with van der Waals surface area (Å²) in [4.78, 5) is 12.5. The molecule has 0 amide bonds. The van der Waals surface area contributed by atoms with Crippen LogP contribution in [-0.4, -0.2) is 22.4 Å². The molecule has 110 valence electrons. The molecular weight excluding hydrogens is 264 g/mol. The minimum Gasteiger partial charge on any atom is -0.481 e. The molecule has 0 fully saturated rings. The highest BCUT2D eigenvalue weighted by molar-refractivity contribution is 5.73. The summed E-state index contributed by atoms with van der Waals surface area (Å²) in [6, 6.07) is 0. The second-order valence-electron chi connectivity index (χ2n) is 4.68. The number of carboxylic acid groups (broad SMARTS) is 1. The van der Waals surface area contributed by atoms with Gasteiger partial charge in [0.1, 0.15) is 0 Å². The van der Waals surface area contributed by atoms with Crippen molar-refractivity contribution in [1.82, 2.24) is 4.90 Å². The lowest BCUT2D eigenvalue weighted by atomic mass is 9.97. The highest BCUT2D eigenvalue weighted by atomic mass is 19.3. The molecule has 0 aromatic carbocycles. The lowest BCUT2D eigenvalue weighted by Gasteiger charge is -2.24. The number of alkyl halides is 2. The largest absolute Gasteiger partial charge is 0.481 e. The lowest BCUT2D eigenvalue weighted by molar-refractivity contribution is -0.139. The molecule has 0 radical (unpaired) electrons. The molecule has 0 aromatic rings. The number of allylic oxidation sites excluding steroid dienone is 3. The summed E-state index contributed by atoms with van der Waals surface area (Å²) in [6.45, 7) is 7.29. The minimum atomic E-state index is -2.57. The monoisotopic (exact) mass is 283 g/mol. The molecule has 0 saturated heterocycles. The maximum Gasteiger partial charge on any atom is 0.310 e. The van der Waals surface area contributed by atoms with Crippen molar-refractivity contribution in [2.45, 2.75) is 33.1 Å². The number of rotatable bonds is 6. The zero-order chi connectivity index (χ0) is 15.3. The SMILES string of the molecule is C=C1C=CC(C(F)F)=CN1/C=C(\CCC)C(C)C(=O)O. The van der Waals surface area contributed by atoms with Crippen LogP contribution >= 0.6 is 0 Å². The average molecular weight is 283 g/mol. The molecule has 1 N–H and O–H groups in total. The van der Waals surface area contributed by atoms with Crippen LogP contribution in [0.5, 0.6) is 0 Å². The molecule has 1 atom stereocenters. The quantitative estimate of drug-likeness (QED) is 0.803. The Labute approximate surface area is 117 Å². The summed E-state index contributed by atoms with van der Waals surface area (Å²) < 4.78 is 25.4. The molecular formula is C15H19F2NO2. The fraction of sp³-hybridized carbons (Fsp3) is 0.400. The zero-order valence-corrected chi connectivity index (χ0v) is 11.6. The van der Waals surface area contributed by atoms with Crippen molar-refractivity contribution in [3.8, 4) is 0 Å². The van der Waals surface area contributed by atoms with Crippen molar-refractivity contribution in [3.05, 3.63) is 48.0 Å². The van der Waals surface area contributed by atoms with Gasteiger partial charge in [0.05, 0.1) is 5.92 Å². The summed E-state index contributed by atoms with van der Waals surface area (Å²) in [5.74, 6) is -1.59. The predicted octanol–water partition coefficient (Wildman–Crippen LogP) is 3.93. The molecule has 1 rings (SSSR count). The average Bonchev–Trinajstić information content (AvgIpc) is 2.39. The van der Waals surface area contributed by atoms with Crippen LogP contribution < -0.4 is 0 Å². The topological polar surface area (TPSA) is 40.5 Å². The molecule has 1 aliphatic rings. The fourth-order valence-corrected chi connectivity index (χ4v) is 1.83. The van der Waals surface area contributed by atoms with Crippen molar-refractivity contribution in [1.29, 1.82) is 0 Å². The Morgan fingerprint density at radius 1 is 1.50 bits per heavy atom. The Morgan fingerprint density at radius 3 is 2.65 bits per heavy atom. The van der Waals surface area contributed by atoms with Crippen molar-refractivity contribution in [2.75, 3.05) is 0 Å². The van der Waals surface area contributed by atoms with Crippen molar-refractivity contribution < 1.29 is 18.7 Å². The Balaban J connectivity index is 3.06. The van der Waals surface area contributed by atoms with Gasteiger partial charge < -0.3 is 10.0 Å². The van der Waals surface area contributed by atoms with Crippen molar-refractivity contribution in [3.63, 3.8) is 0 Å². The van der Waals surface area contributed by atoms with Crippen LogP contribution in [0.25, 0.3) is 0 Å². The van der Waals surface area contributed by atoms with Gasteiger partial charge in [0.25, 0.3) is 6.43 Å². The number of nitrogens with zero attached hydrogens (tertiary/aromatic N) is 1. The third kappa shape index (κ3) is 4.05. The first kappa shape index (κ1) is 16.1. The Bertz CT molecular complexity index is 478. The van der Waals surface area contributed by atoms with E-state index < -0.39 is 18.3 Å². The second-order valence-corrected chi connectivity index (χ2v) is 4.68. The van der Waals surface area contributed by atoms with Crippen LogP contribution in [0.3, 0.4) is 0 Å². The number of hydrogen-bond donors (Lipinski definition) is 1. The molecule has 1 heterocycles. The summed E-state index contributed by atoms with van der Waals surface area (Å²) in [5, 5.41) is 9.08. The third-order valence-electron chi connectivity index (χ3n) is 3.11. The molecule has 0 spiro atoms. The highest BCUT2D eigenvalue weighted by Crippen LogP contribution is 2.24. The van der Waals surface area contributed by atoms with Crippen LogP contribution in [0.4, 0.5) is 8.78 Å². The summed E-state index contributed by atoms with van der Waals surface area (Å²) in [7, 11) is 0. The van der Waals surface area contributed by atoms with Crippen molar-refractivity contribution in [2.24, 2.45) is 5.92 Å². The van der Waals surface area contributed by atoms with Gasteiger partial charge in [-0.05, 0) is 31.1 Å². The predicted molar refractivity (Wildman–Crippen MR) is 74.0 cm³/mol. The number of aliphatic carboxylic acids is 1. The normalized spacial score (nSPS) is 17.4. The number of carbonyl (C=O) groups is 1. The molecule has 1 unspecified atom stereocenters. The molecule has 5 heteroatoms.